The number of rotatable bonds is 5. The van der Waals surface area contributed by atoms with Gasteiger partial charge in [0.2, 0.25) is 5.91 Å². The van der Waals surface area contributed by atoms with Gasteiger partial charge in [-0.05, 0) is 26.2 Å². The Morgan fingerprint density at radius 2 is 2.04 bits per heavy atom. The van der Waals surface area contributed by atoms with Crippen molar-refractivity contribution in [2.45, 2.75) is 39.2 Å². The van der Waals surface area contributed by atoms with E-state index in [9.17, 15) is 4.79 Å². The highest BCUT2D eigenvalue weighted by Gasteiger charge is 2.46. The normalized spacial score (nSPS) is 21.7. The summed E-state index contributed by atoms with van der Waals surface area (Å²) in [6.45, 7) is 6.98. The van der Waals surface area contributed by atoms with E-state index in [0.29, 0.717) is 12.5 Å². The monoisotopic (exact) mass is 338 g/mol. The summed E-state index contributed by atoms with van der Waals surface area (Å²) in [4.78, 5) is 17.4. The van der Waals surface area contributed by atoms with Gasteiger partial charge in [-0.2, -0.15) is 0 Å². The Balaban J connectivity index is 1.56. The summed E-state index contributed by atoms with van der Waals surface area (Å²) in [5, 5.41) is 10.4. The third kappa shape index (κ3) is 3.72. The van der Waals surface area contributed by atoms with Gasteiger partial charge >= 0.3 is 0 Å². The molecule has 0 unspecified atom stereocenters. The van der Waals surface area contributed by atoms with Gasteiger partial charge in [0, 0.05) is 33.3 Å². The molecule has 0 atom stereocenters. The maximum Gasteiger partial charge on any atom is 0.231 e. The zero-order valence-corrected chi connectivity index (χ0v) is 14.9. The fourth-order valence-electron chi connectivity index (χ4n) is 3.56. The largest absolute Gasteiger partial charge is 0.384 e. The van der Waals surface area contributed by atoms with Crippen LogP contribution in [0, 0.1) is 12.3 Å². The van der Waals surface area contributed by atoms with Crippen molar-refractivity contribution in [2.24, 2.45) is 5.41 Å². The minimum Gasteiger partial charge on any atom is -0.384 e. The molecule has 2 heterocycles. The maximum absolute atomic E-state index is 12.9. The lowest BCUT2D eigenvalue weighted by atomic mass is 9.68. The molecule has 3 rings (SSSR count). The zero-order chi connectivity index (χ0) is 16.3. The van der Waals surface area contributed by atoms with Crippen LogP contribution in [-0.2, 0) is 16.1 Å². The summed E-state index contributed by atoms with van der Waals surface area (Å²) in [6, 6.07) is 0. The van der Waals surface area contributed by atoms with Gasteiger partial charge in [0.15, 0.2) is 0 Å². The molecule has 1 aliphatic carbocycles. The number of methoxy groups -OCH3 is 1. The van der Waals surface area contributed by atoms with Gasteiger partial charge in [-0.1, -0.05) is 6.42 Å². The predicted octanol–water partition coefficient (Wildman–Crippen LogP) is 1.70. The highest BCUT2D eigenvalue weighted by molar-refractivity contribution is 7.11. The molecule has 0 radical (unpaired) electrons. The van der Waals surface area contributed by atoms with Gasteiger partial charge < -0.3 is 9.64 Å². The summed E-state index contributed by atoms with van der Waals surface area (Å²) >= 11 is 1.66. The fourth-order valence-corrected chi connectivity index (χ4v) is 4.31. The van der Waals surface area contributed by atoms with Gasteiger partial charge in [-0.3, -0.25) is 9.69 Å². The average Bonchev–Trinajstić information content (AvgIpc) is 2.76. The van der Waals surface area contributed by atoms with Crippen LogP contribution in [0.25, 0.3) is 0 Å². The highest BCUT2D eigenvalue weighted by atomic mass is 32.1. The van der Waals surface area contributed by atoms with Crippen LogP contribution in [0.3, 0.4) is 0 Å². The number of hydrogen-bond donors (Lipinski definition) is 0. The van der Waals surface area contributed by atoms with Crippen LogP contribution in [0.2, 0.25) is 0 Å². The zero-order valence-electron chi connectivity index (χ0n) is 14.1. The van der Waals surface area contributed by atoms with Crippen molar-refractivity contribution < 1.29 is 9.53 Å². The minimum atomic E-state index is -0.236. The molecular formula is C16H26N4O2S. The van der Waals surface area contributed by atoms with Crippen molar-refractivity contribution in [1.82, 2.24) is 20.0 Å². The second kappa shape index (κ2) is 7.23. The molecule has 0 aromatic carbocycles. The fraction of sp³-hybridized carbons (Fsp3) is 0.812. The Labute approximate surface area is 141 Å². The van der Waals surface area contributed by atoms with E-state index in [-0.39, 0.29) is 5.41 Å². The molecule has 1 aromatic rings. The van der Waals surface area contributed by atoms with E-state index in [1.807, 2.05) is 6.92 Å². The summed E-state index contributed by atoms with van der Waals surface area (Å²) < 4.78 is 5.32. The molecular weight excluding hydrogens is 312 g/mol. The third-order valence-electron chi connectivity index (χ3n) is 4.99. The Morgan fingerprint density at radius 1 is 1.22 bits per heavy atom. The predicted molar refractivity (Wildman–Crippen MR) is 89.3 cm³/mol. The summed E-state index contributed by atoms with van der Waals surface area (Å²) in [5.74, 6) is 0.305. The van der Waals surface area contributed by atoms with E-state index in [2.05, 4.69) is 20.0 Å². The summed E-state index contributed by atoms with van der Waals surface area (Å²) in [7, 11) is 1.70. The van der Waals surface area contributed by atoms with E-state index < -0.39 is 0 Å². The van der Waals surface area contributed by atoms with Gasteiger partial charge in [0.25, 0.3) is 0 Å². The molecule has 2 fully saturated rings. The second-order valence-corrected chi connectivity index (χ2v) is 7.97. The Kier molecular flexibility index (Phi) is 5.28. The van der Waals surface area contributed by atoms with E-state index in [1.165, 1.54) is 0 Å². The average molecular weight is 338 g/mol. The van der Waals surface area contributed by atoms with Crippen molar-refractivity contribution in [3.05, 3.63) is 10.0 Å². The number of nitrogens with zero attached hydrogens (tertiary/aromatic N) is 4. The summed E-state index contributed by atoms with van der Waals surface area (Å²) in [6.07, 6.45) is 4.12. The number of carbonyl (C=O) groups excluding carboxylic acids is 1. The van der Waals surface area contributed by atoms with Gasteiger partial charge in [0.1, 0.15) is 10.0 Å². The standard InChI is InChI=1S/C16H26N4O2S/c1-13-17-18-14(23-13)11-19-7-4-8-20(10-9-19)15(21)16(12-22-2)5-3-6-16/h3-12H2,1-2H3. The smallest absolute Gasteiger partial charge is 0.231 e. The van der Waals surface area contributed by atoms with E-state index in [0.717, 1.165) is 68.4 Å². The first kappa shape index (κ1) is 16.8. The minimum absolute atomic E-state index is 0.236. The lowest BCUT2D eigenvalue weighted by molar-refractivity contribution is -0.152. The molecule has 7 heteroatoms. The Hall–Kier alpha value is -1.05. The molecule has 0 spiro atoms. The van der Waals surface area contributed by atoms with Gasteiger partial charge in [-0.15, -0.1) is 21.5 Å². The molecule has 1 amide bonds. The number of carbonyl (C=O) groups is 1. The second-order valence-electron chi connectivity index (χ2n) is 6.70. The van der Waals surface area contributed by atoms with Crippen LogP contribution in [0.15, 0.2) is 0 Å². The molecule has 2 aliphatic rings. The molecule has 1 saturated carbocycles. The maximum atomic E-state index is 12.9. The van der Waals surface area contributed by atoms with Crippen molar-refractivity contribution in [3.63, 3.8) is 0 Å². The molecule has 6 nitrogen and oxygen atoms in total. The van der Waals surface area contributed by atoms with Crippen LogP contribution in [0.5, 0.6) is 0 Å². The molecule has 23 heavy (non-hydrogen) atoms. The summed E-state index contributed by atoms with van der Waals surface area (Å²) in [5.41, 5.74) is -0.236. The third-order valence-corrected chi connectivity index (χ3v) is 5.81. The number of aryl methyl sites for hydroxylation is 1. The van der Waals surface area contributed by atoms with E-state index >= 15 is 0 Å². The molecule has 0 bridgehead atoms. The van der Waals surface area contributed by atoms with Crippen molar-refractivity contribution in [2.75, 3.05) is 39.9 Å². The molecule has 1 aromatic heterocycles. The van der Waals surface area contributed by atoms with Crippen molar-refractivity contribution in [1.29, 1.82) is 0 Å². The van der Waals surface area contributed by atoms with Crippen LogP contribution in [0.1, 0.15) is 35.7 Å². The van der Waals surface area contributed by atoms with Crippen LogP contribution in [-0.4, -0.2) is 65.8 Å². The first-order valence-electron chi connectivity index (χ1n) is 8.43. The Bertz CT molecular complexity index is 544. The van der Waals surface area contributed by atoms with Crippen LogP contribution in [0.4, 0.5) is 0 Å². The van der Waals surface area contributed by atoms with Crippen molar-refractivity contribution in [3.8, 4) is 0 Å². The first-order chi connectivity index (χ1) is 11.1. The topological polar surface area (TPSA) is 58.6 Å². The quantitative estimate of drug-likeness (QED) is 0.818. The van der Waals surface area contributed by atoms with Crippen LogP contribution >= 0.6 is 11.3 Å². The molecule has 1 saturated heterocycles. The number of hydrogen-bond acceptors (Lipinski definition) is 6. The molecule has 0 N–H and O–H groups in total. The number of ether oxygens (including phenoxy) is 1. The lowest BCUT2D eigenvalue weighted by Gasteiger charge is -2.42. The Morgan fingerprint density at radius 3 is 2.65 bits per heavy atom. The van der Waals surface area contributed by atoms with Crippen LogP contribution < -0.4 is 0 Å². The number of aromatic nitrogens is 2. The van der Waals surface area contributed by atoms with E-state index in [4.69, 9.17) is 4.74 Å². The molecule has 128 valence electrons. The lowest BCUT2D eigenvalue weighted by Crippen LogP contribution is -2.51. The first-order valence-corrected chi connectivity index (χ1v) is 9.24. The van der Waals surface area contributed by atoms with E-state index in [1.54, 1.807) is 18.4 Å². The van der Waals surface area contributed by atoms with Gasteiger partial charge in [-0.25, -0.2) is 0 Å². The number of amides is 1. The molecule has 1 aliphatic heterocycles. The highest BCUT2D eigenvalue weighted by Crippen LogP contribution is 2.42. The SMILES string of the molecule is COCC1(C(=O)N2CCCN(Cc3nnc(C)s3)CC2)CCC1. The van der Waals surface area contributed by atoms with Gasteiger partial charge in [0.05, 0.1) is 18.6 Å². The van der Waals surface area contributed by atoms with Crippen molar-refractivity contribution >= 4 is 17.2 Å².